The summed E-state index contributed by atoms with van der Waals surface area (Å²) in [5.41, 5.74) is 3.79. The largest absolute Gasteiger partial charge is 0.355 e. The minimum Gasteiger partial charge on any atom is -0.355 e. The lowest BCUT2D eigenvalue weighted by atomic mass is 10.1. The van der Waals surface area contributed by atoms with Crippen LogP contribution >= 0.6 is 11.6 Å². The van der Waals surface area contributed by atoms with Gasteiger partial charge in [0.05, 0.1) is 10.6 Å². The van der Waals surface area contributed by atoms with E-state index in [9.17, 15) is 18.0 Å². The van der Waals surface area contributed by atoms with Crippen molar-refractivity contribution in [1.82, 2.24) is 10.2 Å². The van der Waals surface area contributed by atoms with Crippen LogP contribution in [0.4, 0.5) is 5.69 Å². The van der Waals surface area contributed by atoms with Crippen molar-refractivity contribution in [3.63, 3.8) is 0 Å². The number of amides is 2. The quantitative estimate of drug-likeness (QED) is 0.381. The van der Waals surface area contributed by atoms with Gasteiger partial charge < -0.3 is 10.2 Å². The van der Waals surface area contributed by atoms with E-state index < -0.39 is 28.5 Å². The SMILES string of the molecule is CCNC(=O)[C@@H](C)N(Cc1cccc(C)c1)C(=O)CN(c1ccc(C)c(Cl)c1)S(=O)(=O)c1ccc(C)cc1. The molecule has 0 aliphatic heterocycles. The van der Waals surface area contributed by atoms with Gasteiger partial charge in [-0.25, -0.2) is 8.42 Å². The van der Waals surface area contributed by atoms with E-state index in [0.717, 1.165) is 26.6 Å². The topological polar surface area (TPSA) is 86.8 Å². The number of aryl methyl sites for hydroxylation is 3. The van der Waals surface area contributed by atoms with Crippen LogP contribution in [0.25, 0.3) is 0 Å². The number of hydrogen-bond donors (Lipinski definition) is 1. The zero-order valence-corrected chi connectivity index (χ0v) is 23.9. The lowest BCUT2D eigenvalue weighted by Crippen LogP contribution is -2.51. The molecule has 7 nitrogen and oxygen atoms in total. The van der Waals surface area contributed by atoms with Crippen LogP contribution in [0.3, 0.4) is 0 Å². The minimum absolute atomic E-state index is 0.0506. The number of nitrogens with one attached hydrogen (secondary N) is 1. The highest BCUT2D eigenvalue weighted by molar-refractivity contribution is 7.92. The molecule has 2 amide bonds. The Hall–Kier alpha value is -3.36. The summed E-state index contributed by atoms with van der Waals surface area (Å²) in [6.45, 7) is 9.11. The number of anilines is 1. The highest BCUT2D eigenvalue weighted by Crippen LogP contribution is 2.28. The van der Waals surface area contributed by atoms with Crippen molar-refractivity contribution in [3.8, 4) is 0 Å². The van der Waals surface area contributed by atoms with Crippen LogP contribution in [0, 0.1) is 20.8 Å². The Kier molecular flexibility index (Phi) is 9.57. The van der Waals surface area contributed by atoms with Crippen molar-refractivity contribution >= 4 is 39.1 Å². The molecular weight excluding hydrogens is 522 g/mol. The molecule has 0 spiro atoms. The maximum Gasteiger partial charge on any atom is 0.264 e. The average molecular weight is 556 g/mol. The number of nitrogens with zero attached hydrogens (tertiary/aromatic N) is 2. The number of likely N-dealkylation sites (N-methyl/N-ethyl adjacent to an activating group) is 1. The molecule has 38 heavy (non-hydrogen) atoms. The second kappa shape index (κ2) is 12.5. The molecule has 1 atom stereocenters. The molecule has 0 bridgehead atoms. The third kappa shape index (κ3) is 6.94. The lowest BCUT2D eigenvalue weighted by Gasteiger charge is -2.32. The molecule has 1 N–H and O–H groups in total. The smallest absolute Gasteiger partial charge is 0.264 e. The molecule has 0 heterocycles. The zero-order valence-electron chi connectivity index (χ0n) is 22.4. The fourth-order valence-corrected chi connectivity index (χ4v) is 5.60. The summed E-state index contributed by atoms with van der Waals surface area (Å²) in [7, 11) is -4.14. The van der Waals surface area contributed by atoms with Gasteiger partial charge in [-0.2, -0.15) is 0 Å². The van der Waals surface area contributed by atoms with Gasteiger partial charge in [-0.1, -0.05) is 65.2 Å². The third-order valence-electron chi connectivity index (χ3n) is 6.28. The van der Waals surface area contributed by atoms with Gasteiger partial charge in [-0.15, -0.1) is 0 Å². The van der Waals surface area contributed by atoms with E-state index in [1.807, 2.05) is 45.0 Å². The predicted molar refractivity (Wildman–Crippen MR) is 152 cm³/mol. The summed E-state index contributed by atoms with van der Waals surface area (Å²) in [6, 6.07) is 18.1. The fourth-order valence-electron chi connectivity index (χ4n) is 4.01. The first-order chi connectivity index (χ1) is 17.9. The van der Waals surface area contributed by atoms with Crippen LogP contribution in [0.15, 0.2) is 71.6 Å². The van der Waals surface area contributed by atoms with Gasteiger partial charge in [0.2, 0.25) is 11.8 Å². The minimum atomic E-state index is -4.14. The first-order valence-corrected chi connectivity index (χ1v) is 14.2. The van der Waals surface area contributed by atoms with Gasteiger partial charge in [-0.3, -0.25) is 13.9 Å². The van der Waals surface area contributed by atoms with Crippen molar-refractivity contribution in [1.29, 1.82) is 0 Å². The van der Waals surface area contributed by atoms with Crippen molar-refractivity contribution in [3.05, 3.63) is 94.0 Å². The molecule has 0 aliphatic rings. The highest BCUT2D eigenvalue weighted by atomic mass is 35.5. The van der Waals surface area contributed by atoms with Gasteiger partial charge in [0, 0.05) is 18.1 Å². The number of sulfonamides is 1. The van der Waals surface area contributed by atoms with E-state index in [1.54, 1.807) is 38.1 Å². The summed E-state index contributed by atoms with van der Waals surface area (Å²) < 4.78 is 28.7. The van der Waals surface area contributed by atoms with Crippen molar-refractivity contribution in [2.24, 2.45) is 0 Å². The summed E-state index contributed by atoms with van der Waals surface area (Å²) in [6.07, 6.45) is 0. The molecule has 0 radical (unpaired) electrons. The summed E-state index contributed by atoms with van der Waals surface area (Å²) >= 11 is 6.35. The van der Waals surface area contributed by atoms with Crippen LogP contribution in [0.1, 0.15) is 36.1 Å². The van der Waals surface area contributed by atoms with Gasteiger partial charge in [0.25, 0.3) is 10.0 Å². The van der Waals surface area contributed by atoms with Crippen molar-refractivity contribution in [2.75, 3.05) is 17.4 Å². The molecule has 3 rings (SSSR count). The summed E-state index contributed by atoms with van der Waals surface area (Å²) in [5.74, 6) is -0.836. The standard InChI is InChI=1S/C29H34ClN3O4S/c1-6-31-29(35)23(5)32(18-24-9-7-8-21(3)16-24)28(34)19-33(25-13-12-22(4)27(30)17-25)38(36,37)26-14-10-20(2)11-15-26/h7-17,23H,6,18-19H2,1-5H3,(H,31,35)/t23-/m1/s1. The van der Waals surface area contributed by atoms with Crippen LogP contribution in [-0.4, -0.2) is 44.3 Å². The maximum atomic E-state index is 13.9. The van der Waals surface area contributed by atoms with Gasteiger partial charge in [0.1, 0.15) is 12.6 Å². The van der Waals surface area contributed by atoms with Crippen LogP contribution in [0.5, 0.6) is 0 Å². The molecule has 9 heteroatoms. The first kappa shape index (κ1) is 29.2. The first-order valence-electron chi connectivity index (χ1n) is 12.4. The van der Waals surface area contributed by atoms with Gasteiger partial charge in [-0.05, 0) is 70.0 Å². The Morgan fingerprint density at radius 2 is 1.63 bits per heavy atom. The maximum absolute atomic E-state index is 13.9. The van der Waals surface area contributed by atoms with Gasteiger partial charge >= 0.3 is 0 Å². The van der Waals surface area contributed by atoms with E-state index in [4.69, 9.17) is 11.6 Å². The van der Waals surface area contributed by atoms with E-state index in [0.29, 0.717) is 11.6 Å². The number of rotatable bonds is 10. The monoisotopic (exact) mass is 555 g/mol. The predicted octanol–water partition coefficient (Wildman–Crippen LogP) is 5.01. The van der Waals surface area contributed by atoms with E-state index >= 15 is 0 Å². The molecule has 3 aromatic carbocycles. The lowest BCUT2D eigenvalue weighted by molar-refractivity contribution is -0.139. The second-order valence-electron chi connectivity index (χ2n) is 9.34. The Morgan fingerprint density at radius 1 is 0.947 bits per heavy atom. The van der Waals surface area contributed by atoms with E-state index in [1.165, 1.54) is 23.1 Å². The van der Waals surface area contributed by atoms with Crippen LogP contribution < -0.4 is 9.62 Å². The van der Waals surface area contributed by atoms with Crippen LogP contribution in [0.2, 0.25) is 5.02 Å². The molecule has 0 saturated carbocycles. The molecular formula is C29H34ClN3O4S. The molecule has 0 saturated heterocycles. The Morgan fingerprint density at radius 3 is 2.24 bits per heavy atom. The summed E-state index contributed by atoms with van der Waals surface area (Å²) in [4.78, 5) is 28.1. The fraction of sp³-hybridized carbons (Fsp3) is 0.310. The number of benzene rings is 3. The molecule has 202 valence electrons. The Bertz CT molecular complexity index is 1410. The molecule has 0 aliphatic carbocycles. The molecule has 3 aromatic rings. The third-order valence-corrected chi connectivity index (χ3v) is 8.48. The highest BCUT2D eigenvalue weighted by Gasteiger charge is 2.32. The molecule has 0 unspecified atom stereocenters. The number of carbonyl (C=O) groups is 2. The summed E-state index contributed by atoms with van der Waals surface area (Å²) in [5, 5.41) is 3.14. The number of carbonyl (C=O) groups excluding carboxylic acids is 2. The molecule has 0 aromatic heterocycles. The normalized spacial score (nSPS) is 12.1. The molecule has 0 fully saturated rings. The average Bonchev–Trinajstić information content (AvgIpc) is 2.87. The van der Waals surface area contributed by atoms with E-state index in [2.05, 4.69) is 5.32 Å². The van der Waals surface area contributed by atoms with Crippen LogP contribution in [-0.2, 0) is 26.2 Å². The van der Waals surface area contributed by atoms with E-state index in [-0.39, 0.29) is 23.0 Å². The van der Waals surface area contributed by atoms with Crippen molar-refractivity contribution in [2.45, 2.75) is 52.1 Å². The second-order valence-corrected chi connectivity index (χ2v) is 11.6. The zero-order chi connectivity index (χ0) is 28.0. The Balaban J connectivity index is 2.06. The van der Waals surface area contributed by atoms with Crippen molar-refractivity contribution < 1.29 is 18.0 Å². The van der Waals surface area contributed by atoms with Gasteiger partial charge in [0.15, 0.2) is 0 Å². The number of hydrogen-bond acceptors (Lipinski definition) is 4. The Labute approximate surface area is 230 Å². The number of halogens is 1.